The quantitative estimate of drug-likeness (QED) is 0.387. The van der Waals surface area contributed by atoms with Crippen molar-refractivity contribution < 1.29 is 13.9 Å². The third kappa shape index (κ3) is 4.55. The Bertz CT molecular complexity index is 1260. The van der Waals surface area contributed by atoms with Gasteiger partial charge in [-0.3, -0.25) is 4.79 Å². The number of ether oxygens (including phenoxy) is 1. The fourth-order valence-electron chi connectivity index (χ4n) is 3.02. The van der Waals surface area contributed by atoms with Gasteiger partial charge in [-0.2, -0.15) is 5.10 Å². The Kier molecular flexibility index (Phi) is 5.93. The molecule has 1 heterocycles. The molecule has 0 aliphatic heterocycles. The average Bonchev–Trinajstić information content (AvgIpc) is 3.19. The molecule has 0 aliphatic rings. The van der Waals surface area contributed by atoms with Gasteiger partial charge in [0.1, 0.15) is 17.4 Å². The van der Waals surface area contributed by atoms with E-state index in [4.69, 9.17) is 27.9 Å². The van der Waals surface area contributed by atoms with Crippen LogP contribution < -0.4 is 10.1 Å². The molecule has 1 aromatic heterocycles. The number of hydrogen-bond acceptors (Lipinski definition) is 3. The topological polar surface area (TPSA) is 56.1 Å². The van der Waals surface area contributed by atoms with Crippen LogP contribution in [-0.4, -0.2) is 22.8 Å². The summed E-state index contributed by atoms with van der Waals surface area (Å²) in [6.07, 6.45) is 0. The van der Waals surface area contributed by atoms with E-state index in [0.717, 1.165) is 11.6 Å². The fourth-order valence-corrected chi connectivity index (χ4v) is 3.39. The number of benzene rings is 3. The average molecular weight is 456 g/mol. The van der Waals surface area contributed by atoms with Gasteiger partial charge < -0.3 is 10.1 Å². The van der Waals surface area contributed by atoms with Crippen molar-refractivity contribution in [3.63, 3.8) is 0 Å². The van der Waals surface area contributed by atoms with Crippen molar-refractivity contribution in [3.8, 4) is 22.7 Å². The van der Waals surface area contributed by atoms with Crippen LogP contribution in [0.25, 0.3) is 16.9 Å². The van der Waals surface area contributed by atoms with Gasteiger partial charge in [0.25, 0.3) is 5.91 Å². The minimum absolute atomic E-state index is 0.177. The van der Waals surface area contributed by atoms with Crippen LogP contribution in [0.4, 0.5) is 10.2 Å². The minimum Gasteiger partial charge on any atom is -0.497 e. The molecule has 4 aromatic rings. The van der Waals surface area contributed by atoms with Crippen LogP contribution in [0.3, 0.4) is 0 Å². The van der Waals surface area contributed by atoms with Crippen molar-refractivity contribution >= 4 is 34.9 Å². The van der Waals surface area contributed by atoms with Crippen LogP contribution in [0, 0.1) is 5.82 Å². The second kappa shape index (κ2) is 8.79. The first-order chi connectivity index (χ1) is 14.9. The summed E-state index contributed by atoms with van der Waals surface area (Å²) in [7, 11) is 1.59. The summed E-state index contributed by atoms with van der Waals surface area (Å²) in [6.45, 7) is 0. The maximum atomic E-state index is 13.6. The largest absolute Gasteiger partial charge is 0.497 e. The molecule has 4 rings (SSSR count). The second-order valence-electron chi connectivity index (χ2n) is 6.62. The molecule has 0 spiro atoms. The standard InChI is InChI=1S/C23H16Cl2FN3O2/c1-31-18-8-5-14(6-9-18)20-13-22(27-23(30)15-3-2-4-17(26)11-15)29(28-20)21-12-16(24)7-10-19(21)25/h2-13H,1H3,(H,27,30). The molecule has 8 heteroatoms. The first-order valence-electron chi connectivity index (χ1n) is 9.21. The van der Waals surface area contributed by atoms with E-state index in [9.17, 15) is 9.18 Å². The minimum atomic E-state index is -0.502. The SMILES string of the molecule is COc1ccc(-c2cc(NC(=O)c3cccc(F)c3)n(-c3cc(Cl)ccc3Cl)n2)cc1. The number of methoxy groups -OCH3 is 1. The van der Waals surface area contributed by atoms with E-state index < -0.39 is 11.7 Å². The van der Waals surface area contributed by atoms with Gasteiger partial charge in [0.2, 0.25) is 0 Å². The number of aromatic nitrogens is 2. The van der Waals surface area contributed by atoms with Crippen molar-refractivity contribution in [3.05, 3.63) is 94.2 Å². The van der Waals surface area contributed by atoms with Gasteiger partial charge in [-0.05, 0) is 60.7 Å². The van der Waals surface area contributed by atoms with Crippen LogP contribution >= 0.6 is 23.2 Å². The Balaban J connectivity index is 1.78. The number of nitrogens with zero attached hydrogens (tertiary/aromatic N) is 2. The molecular formula is C23H16Cl2FN3O2. The maximum Gasteiger partial charge on any atom is 0.256 e. The van der Waals surface area contributed by atoms with E-state index in [-0.39, 0.29) is 5.56 Å². The predicted octanol–water partition coefficient (Wildman–Crippen LogP) is 6.25. The van der Waals surface area contributed by atoms with Gasteiger partial charge in [0.15, 0.2) is 0 Å². The highest BCUT2D eigenvalue weighted by Crippen LogP contribution is 2.31. The van der Waals surface area contributed by atoms with Crippen LogP contribution in [0.1, 0.15) is 10.4 Å². The zero-order chi connectivity index (χ0) is 22.0. The van der Waals surface area contributed by atoms with Crippen molar-refractivity contribution in [1.82, 2.24) is 9.78 Å². The number of rotatable bonds is 5. The summed E-state index contributed by atoms with van der Waals surface area (Å²) < 4.78 is 20.2. The lowest BCUT2D eigenvalue weighted by atomic mass is 10.1. The smallest absolute Gasteiger partial charge is 0.256 e. The summed E-state index contributed by atoms with van der Waals surface area (Å²) in [5.41, 5.74) is 2.06. The lowest BCUT2D eigenvalue weighted by Gasteiger charge is -2.11. The van der Waals surface area contributed by atoms with Crippen molar-refractivity contribution in [2.24, 2.45) is 0 Å². The molecule has 0 radical (unpaired) electrons. The highest BCUT2D eigenvalue weighted by molar-refractivity contribution is 6.34. The van der Waals surface area contributed by atoms with E-state index >= 15 is 0 Å². The monoisotopic (exact) mass is 455 g/mol. The molecule has 0 bridgehead atoms. The van der Waals surface area contributed by atoms with E-state index in [1.54, 1.807) is 31.4 Å². The number of anilines is 1. The first kappa shape index (κ1) is 20.9. The normalized spacial score (nSPS) is 10.7. The van der Waals surface area contributed by atoms with E-state index in [1.807, 2.05) is 24.3 Å². The second-order valence-corrected chi connectivity index (χ2v) is 7.46. The van der Waals surface area contributed by atoms with Gasteiger partial charge in [-0.1, -0.05) is 29.3 Å². The molecular weight excluding hydrogens is 440 g/mol. The Morgan fingerprint density at radius 2 is 1.81 bits per heavy atom. The Morgan fingerprint density at radius 1 is 1.03 bits per heavy atom. The third-order valence-corrected chi connectivity index (χ3v) is 5.11. The molecule has 1 N–H and O–H groups in total. The summed E-state index contributed by atoms with van der Waals surface area (Å²) in [6, 6.07) is 19.4. The summed E-state index contributed by atoms with van der Waals surface area (Å²) in [4.78, 5) is 12.7. The number of nitrogens with one attached hydrogen (secondary N) is 1. The summed E-state index contributed by atoms with van der Waals surface area (Å²) in [5, 5.41) is 8.26. The molecule has 0 unspecified atom stereocenters. The zero-order valence-electron chi connectivity index (χ0n) is 16.3. The Hall–Kier alpha value is -3.35. The number of hydrogen-bond donors (Lipinski definition) is 1. The van der Waals surface area contributed by atoms with Crippen molar-refractivity contribution in [2.45, 2.75) is 0 Å². The Morgan fingerprint density at radius 3 is 2.52 bits per heavy atom. The van der Waals surface area contributed by atoms with Crippen LogP contribution in [-0.2, 0) is 0 Å². The van der Waals surface area contributed by atoms with Gasteiger partial charge >= 0.3 is 0 Å². The zero-order valence-corrected chi connectivity index (χ0v) is 17.8. The van der Waals surface area contributed by atoms with Gasteiger partial charge in [0, 0.05) is 22.2 Å². The van der Waals surface area contributed by atoms with E-state index in [0.29, 0.717) is 33.0 Å². The first-order valence-corrected chi connectivity index (χ1v) is 9.97. The van der Waals surface area contributed by atoms with E-state index in [2.05, 4.69) is 10.4 Å². The lowest BCUT2D eigenvalue weighted by molar-refractivity contribution is 0.102. The van der Waals surface area contributed by atoms with Crippen LogP contribution in [0.15, 0.2) is 72.8 Å². The van der Waals surface area contributed by atoms with Crippen molar-refractivity contribution in [1.29, 1.82) is 0 Å². The molecule has 0 fully saturated rings. The number of halogens is 3. The molecule has 0 saturated heterocycles. The number of amides is 1. The molecule has 3 aromatic carbocycles. The molecule has 0 atom stereocenters. The van der Waals surface area contributed by atoms with Crippen molar-refractivity contribution in [2.75, 3.05) is 12.4 Å². The highest BCUT2D eigenvalue weighted by Gasteiger charge is 2.17. The molecule has 156 valence electrons. The van der Waals surface area contributed by atoms with Gasteiger partial charge in [0.05, 0.1) is 23.5 Å². The number of carbonyl (C=O) groups excluding carboxylic acids is 1. The van der Waals surface area contributed by atoms with Crippen LogP contribution in [0.5, 0.6) is 5.75 Å². The number of carbonyl (C=O) groups is 1. The van der Waals surface area contributed by atoms with Gasteiger partial charge in [-0.25, -0.2) is 9.07 Å². The van der Waals surface area contributed by atoms with Crippen LogP contribution in [0.2, 0.25) is 10.0 Å². The fraction of sp³-hybridized carbons (Fsp3) is 0.0435. The molecule has 31 heavy (non-hydrogen) atoms. The Labute approximate surface area is 188 Å². The molecule has 1 amide bonds. The predicted molar refractivity (Wildman–Crippen MR) is 120 cm³/mol. The summed E-state index contributed by atoms with van der Waals surface area (Å²) >= 11 is 12.5. The van der Waals surface area contributed by atoms with E-state index in [1.165, 1.54) is 22.9 Å². The molecule has 0 aliphatic carbocycles. The molecule has 0 saturated carbocycles. The lowest BCUT2D eigenvalue weighted by Crippen LogP contribution is -2.15. The highest BCUT2D eigenvalue weighted by atomic mass is 35.5. The van der Waals surface area contributed by atoms with Gasteiger partial charge in [-0.15, -0.1) is 0 Å². The summed E-state index contributed by atoms with van der Waals surface area (Å²) in [5.74, 6) is 0.0722. The molecule has 5 nitrogen and oxygen atoms in total. The third-order valence-electron chi connectivity index (χ3n) is 4.56. The maximum absolute atomic E-state index is 13.6.